The first-order chi connectivity index (χ1) is 20.3. The highest BCUT2D eigenvalue weighted by Crippen LogP contribution is 2.49. The number of ether oxygens (including phenoxy) is 1. The van der Waals surface area contributed by atoms with Crippen molar-refractivity contribution < 1.29 is 4.74 Å². The fourth-order valence-corrected chi connectivity index (χ4v) is 7.98. The fourth-order valence-electron chi connectivity index (χ4n) is 6.72. The van der Waals surface area contributed by atoms with Crippen LogP contribution in [0.3, 0.4) is 0 Å². The number of benzene rings is 6. The lowest BCUT2D eigenvalue weighted by Gasteiger charge is -2.21. The van der Waals surface area contributed by atoms with Crippen molar-refractivity contribution in [2.75, 3.05) is 0 Å². The van der Waals surface area contributed by atoms with Gasteiger partial charge in [-0.2, -0.15) is 0 Å². The minimum absolute atomic E-state index is 0.668. The van der Waals surface area contributed by atoms with Crippen molar-refractivity contribution in [3.63, 3.8) is 0 Å². The van der Waals surface area contributed by atoms with Crippen molar-refractivity contribution in [3.8, 4) is 28.7 Å². The van der Waals surface area contributed by atoms with Gasteiger partial charge in [-0.25, -0.2) is 9.97 Å². The number of hydrogen-bond acceptors (Lipinski definition) is 4. The molecule has 4 heterocycles. The van der Waals surface area contributed by atoms with Gasteiger partial charge in [0.05, 0.1) is 32.3 Å². The molecule has 0 fully saturated rings. The Labute approximate surface area is 237 Å². The lowest BCUT2D eigenvalue weighted by molar-refractivity contribution is 0.486. The molecule has 0 bridgehead atoms. The van der Waals surface area contributed by atoms with E-state index in [1.807, 2.05) is 41.7 Å². The standard InChI is InChI=1S/C36H19N3OS/c1-2-11-21-20(10-1)30-22-12-3-6-16-26(22)39(34(30)35-31(21)24-14-5-8-19-29(24)41-35)36-37-25-15-9-18-28-32(25)33(38-36)23-13-4-7-17-27(23)40-28/h1-19H. The predicted octanol–water partition coefficient (Wildman–Crippen LogP) is 10.0. The molecule has 4 nitrogen and oxygen atoms in total. The Bertz CT molecular complexity index is 2580. The Balaban J connectivity index is 1.46. The second-order valence-electron chi connectivity index (χ2n) is 10.5. The van der Waals surface area contributed by atoms with Crippen molar-refractivity contribution in [2.45, 2.75) is 0 Å². The molecule has 0 spiro atoms. The zero-order chi connectivity index (χ0) is 26.7. The molecule has 190 valence electrons. The molecule has 1 aliphatic heterocycles. The minimum Gasteiger partial charge on any atom is -0.456 e. The summed E-state index contributed by atoms with van der Waals surface area (Å²) in [6.07, 6.45) is 0. The van der Waals surface area contributed by atoms with E-state index in [0.717, 1.165) is 44.7 Å². The topological polar surface area (TPSA) is 39.9 Å². The van der Waals surface area contributed by atoms with E-state index in [1.165, 1.54) is 41.7 Å². The lowest BCUT2D eigenvalue weighted by atomic mass is 9.99. The molecule has 41 heavy (non-hydrogen) atoms. The monoisotopic (exact) mass is 541 g/mol. The van der Waals surface area contributed by atoms with Gasteiger partial charge in [-0.3, -0.25) is 4.57 Å². The molecule has 3 aromatic heterocycles. The molecule has 6 aromatic carbocycles. The maximum Gasteiger partial charge on any atom is 0.235 e. The van der Waals surface area contributed by atoms with E-state index < -0.39 is 0 Å². The van der Waals surface area contributed by atoms with Crippen LogP contribution in [0.2, 0.25) is 0 Å². The summed E-state index contributed by atoms with van der Waals surface area (Å²) in [4.78, 5) is 10.5. The number of para-hydroxylation sites is 2. The van der Waals surface area contributed by atoms with Crippen molar-refractivity contribution >= 4 is 75.0 Å². The Hall–Kier alpha value is -5.26. The van der Waals surface area contributed by atoms with Gasteiger partial charge >= 0.3 is 0 Å². The van der Waals surface area contributed by atoms with Gasteiger partial charge in [0.2, 0.25) is 5.95 Å². The van der Waals surface area contributed by atoms with Gasteiger partial charge in [0.1, 0.15) is 11.5 Å². The number of fused-ring (bicyclic) bond motifs is 12. The summed E-state index contributed by atoms with van der Waals surface area (Å²) in [5.41, 5.74) is 5.01. The number of rotatable bonds is 1. The third kappa shape index (κ3) is 2.73. The SMILES string of the molecule is c1ccc2c(c1)Oc1cccc3nc(-n4c5ccccc5c5c6ccccc6c6c7ccccc7sc6c54)nc-2c13. The lowest BCUT2D eigenvalue weighted by Crippen LogP contribution is -2.06. The van der Waals surface area contributed by atoms with E-state index in [1.54, 1.807) is 0 Å². The predicted molar refractivity (Wildman–Crippen MR) is 170 cm³/mol. The van der Waals surface area contributed by atoms with Gasteiger partial charge in [-0.1, -0.05) is 78.9 Å². The molecular formula is C36H19N3OS. The number of aromatic nitrogens is 3. The van der Waals surface area contributed by atoms with Crippen LogP contribution in [-0.4, -0.2) is 14.5 Å². The summed E-state index contributed by atoms with van der Waals surface area (Å²) in [6.45, 7) is 0. The molecule has 0 atom stereocenters. The third-order valence-electron chi connectivity index (χ3n) is 8.39. The van der Waals surface area contributed by atoms with Crippen LogP contribution >= 0.6 is 11.3 Å². The molecule has 9 aromatic rings. The molecule has 0 radical (unpaired) electrons. The maximum absolute atomic E-state index is 6.27. The molecule has 0 N–H and O–H groups in total. The van der Waals surface area contributed by atoms with Crippen molar-refractivity contribution in [1.82, 2.24) is 14.5 Å². The third-order valence-corrected chi connectivity index (χ3v) is 9.56. The van der Waals surface area contributed by atoms with Crippen molar-refractivity contribution in [3.05, 3.63) is 115 Å². The fraction of sp³-hybridized carbons (Fsp3) is 0. The van der Waals surface area contributed by atoms with E-state index in [4.69, 9.17) is 14.7 Å². The first-order valence-electron chi connectivity index (χ1n) is 13.7. The van der Waals surface area contributed by atoms with E-state index in [9.17, 15) is 0 Å². The Kier molecular flexibility index (Phi) is 4.04. The van der Waals surface area contributed by atoms with Crippen LogP contribution in [0.4, 0.5) is 0 Å². The molecule has 1 aliphatic rings. The highest BCUT2D eigenvalue weighted by atomic mass is 32.1. The normalized spacial score (nSPS) is 12.6. The van der Waals surface area contributed by atoms with E-state index in [-0.39, 0.29) is 0 Å². The summed E-state index contributed by atoms with van der Waals surface area (Å²) in [5, 5.41) is 8.50. The Morgan fingerprint density at radius 2 is 1.27 bits per heavy atom. The van der Waals surface area contributed by atoms with Gasteiger partial charge in [0, 0.05) is 31.8 Å². The van der Waals surface area contributed by atoms with Crippen LogP contribution in [0.5, 0.6) is 11.5 Å². The number of thiophene rings is 1. The highest BCUT2D eigenvalue weighted by molar-refractivity contribution is 7.27. The minimum atomic E-state index is 0.668. The van der Waals surface area contributed by atoms with Crippen LogP contribution in [0, 0.1) is 0 Å². The van der Waals surface area contributed by atoms with E-state index in [0.29, 0.717) is 5.95 Å². The Morgan fingerprint density at radius 3 is 2.17 bits per heavy atom. The maximum atomic E-state index is 6.27. The first kappa shape index (κ1) is 21.5. The second-order valence-corrected chi connectivity index (χ2v) is 11.6. The first-order valence-corrected chi connectivity index (χ1v) is 14.5. The van der Waals surface area contributed by atoms with Crippen LogP contribution < -0.4 is 4.74 Å². The van der Waals surface area contributed by atoms with E-state index in [2.05, 4.69) is 89.5 Å². The summed E-state index contributed by atoms with van der Waals surface area (Å²) < 4.78 is 11.1. The smallest absolute Gasteiger partial charge is 0.235 e. The second kappa shape index (κ2) is 7.68. The molecule has 0 saturated heterocycles. The zero-order valence-electron chi connectivity index (χ0n) is 21.6. The molecule has 0 saturated carbocycles. The highest BCUT2D eigenvalue weighted by Gasteiger charge is 2.26. The summed E-state index contributed by atoms with van der Waals surface area (Å²) in [6, 6.07) is 40.4. The van der Waals surface area contributed by atoms with Gasteiger partial charge < -0.3 is 4.74 Å². The van der Waals surface area contributed by atoms with Gasteiger partial charge in [-0.05, 0) is 47.2 Å². The van der Waals surface area contributed by atoms with Crippen molar-refractivity contribution in [1.29, 1.82) is 0 Å². The van der Waals surface area contributed by atoms with Crippen LogP contribution in [0.25, 0.3) is 80.9 Å². The summed E-state index contributed by atoms with van der Waals surface area (Å²) in [7, 11) is 0. The number of nitrogens with zero attached hydrogens (tertiary/aromatic N) is 3. The van der Waals surface area contributed by atoms with Gasteiger partial charge in [0.25, 0.3) is 0 Å². The average Bonchev–Trinajstić information content (AvgIpc) is 3.58. The van der Waals surface area contributed by atoms with Crippen molar-refractivity contribution in [2.24, 2.45) is 0 Å². The molecule has 0 aliphatic carbocycles. The number of hydrogen-bond donors (Lipinski definition) is 0. The molecular weight excluding hydrogens is 522 g/mol. The largest absolute Gasteiger partial charge is 0.456 e. The van der Waals surface area contributed by atoms with Gasteiger partial charge in [0.15, 0.2) is 0 Å². The van der Waals surface area contributed by atoms with E-state index >= 15 is 0 Å². The van der Waals surface area contributed by atoms with Gasteiger partial charge in [-0.15, -0.1) is 11.3 Å². The quantitative estimate of drug-likeness (QED) is 0.208. The molecule has 10 rings (SSSR count). The molecule has 0 amide bonds. The summed E-state index contributed by atoms with van der Waals surface area (Å²) in [5.74, 6) is 2.28. The van der Waals surface area contributed by atoms with Crippen LogP contribution in [-0.2, 0) is 0 Å². The molecule has 0 unspecified atom stereocenters. The van der Waals surface area contributed by atoms with Crippen LogP contribution in [0.15, 0.2) is 115 Å². The Morgan fingerprint density at radius 1 is 0.561 bits per heavy atom. The van der Waals surface area contributed by atoms with Crippen LogP contribution in [0.1, 0.15) is 0 Å². The zero-order valence-corrected chi connectivity index (χ0v) is 22.4. The molecule has 5 heteroatoms. The summed E-state index contributed by atoms with van der Waals surface area (Å²) >= 11 is 1.85. The average molecular weight is 542 g/mol.